The molecular weight excluding hydrogens is 294 g/mol. The summed E-state index contributed by atoms with van der Waals surface area (Å²) in [5.74, 6) is 0.281. The predicted molar refractivity (Wildman–Crippen MR) is 101 cm³/mol. The average Bonchev–Trinajstić information content (AvgIpc) is 2.74. The third-order valence-electron chi connectivity index (χ3n) is 4.85. The van der Waals surface area contributed by atoms with Gasteiger partial charge in [-0.1, -0.05) is 42.5 Å². The molecule has 24 heavy (non-hydrogen) atoms. The summed E-state index contributed by atoms with van der Waals surface area (Å²) in [5.41, 5.74) is 12.3. The van der Waals surface area contributed by atoms with Crippen LogP contribution in [0.4, 0.5) is 0 Å². The largest absolute Gasteiger partial charge is 0.508 e. The molecule has 0 radical (unpaired) electrons. The third kappa shape index (κ3) is 3.15. The molecule has 1 atom stereocenters. The Hall–Kier alpha value is -2.32. The Kier molecular flexibility index (Phi) is 4.59. The van der Waals surface area contributed by atoms with Crippen LogP contribution in [-0.2, 0) is 6.42 Å². The van der Waals surface area contributed by atoms with E-state index in [0.29, 0.717) is 0 Å². The number of nitrogens with two attached hydrogens (primary N) is 1. The molecular formula is C22H25NO. The number of fused-ring (bicyclic) bond motifs is 1. The molecule has 0 saturated carbocycles. The number of aromatic hydroxyl groups is 1. The number of phenolic OH excluding ortho intramolecular Hbond substituents is 1. The van der Waals surface area contributed by atoms with Crippen LogP contribution < -0.4 is 5.73 Å². The molecule has 0 amide bonds. The van der Waals surface area contributed by atoms with Crippen LogP contribution in [0.3, 0.4) is 0 Å². The second-order valence-corrected chi connectivity index (χ2v) is 6.82. The molecule has 0 bridgehead atoms. The van der Waals surface area contributed by atoms with Crippen LogP contribution in [0.25, 0.3) is 5.57 Å². The molecule has 2 aromatic carbocycles. The van der Waals surface area contributed by atoms with Crippen LogP contribution in [0.15, 0.2) is 66.8 Å². The fraction of sp³-hybridized carbons (Fsp3) is 0.273. The lowest BCUT2D eigenvalue weighted by Gasteiger charge is -2.30. The molecule has 0 heterocycles. The number of benzene rings is 2. The minimum Gasteiger partial charge on any atom is -0.508 e. The van der Waals surface area contributed by atoms with Crippen LogP contribution in [0.1, 0.15) is 42.9 Å². The molecule has 0 aliphatic heterocycles. The molecule has 3 rings (SSSR count). The first-order valence-corrected chi connectivity index (χ1v) is 8.54. The van der Waals surface area contributed by atoms with Crippen molar-refractivity contribution in [2.45, 2.75) is 38.1 Å². The van der Waals surface area contributed by atoms with E-state index < -0.39 is 5.54 Å². The molecule has 2 aromatic rings. The lowest BCUT2D eigenvalue weighted by Crippen LogP contribution is -2.38. The highest BCUT2D eigenvalue weighted by molar-refractivity contribution is 5.85. The molecule has 0 fully saturated rings. The minimum atomic E-state index is -0.444. The van der Waals surface area contributed by atoms with Crippen molar-refractivity contribution in [3.8, 4) is 5.75 Å². The van der Waals surface area contributed by atoms with Gasteiger partial charge in [-0.2, -0.15) is 0 Å². The summed E-state index contributed by atoms with van der Waals surface area (Å²) < 4.78 is 0. The Bertz CT molecular complexity index is 786. The third-order valence-corrected chi connectivity index (χ3v) is 4.85. The first kappa shape index (κ1) is 16.5. The van der Waals surface area contributed by atoms with Gasteiger partial charge in [0.25, 0.3) is 0 Å². The summed E-state index contributed by atoms with van der Waals surface area (Å²) in [6.07, 6.45) is 5.71. The number of hydrogen-bond donors (Lipinski definition) is 2. The minimum absolute atomic E-state index is 0.281. The molecule has 0 saturated heterocycles. The molecule has 2 heteroatoms. The van der Waals surface area contributed by atoms with Gasteiger partial charge in [0.05, 0.1) is 0 Å². The summed E-state index contributed by atoms with van der Waals surface area (Å²) in [5, 5.41) is 9.98. The van der Waals surface area contributed by atoms with E-state index in [2.05, 4.69) is 43.8 Å². The van der Waals surface area contributed by atoms with Gasteiger partial charge in [0.2, 0.25) is 0 Å². The zero-order valence-electron chi connectivity index (χ0n) is 14.3. The Labute approximate surface area is 144 Å². The average molecular weight is 319 g/mol. The quantitative estimate of drug-likeness (QED) is 0.793. The smallest absolute Gasteiger partial charge is 0.116 e. The Morgan fingerprint density at radius 3 is 2.71 bits per heavy atom. The highest BCUT2D eigenvalue weighted by Gasteiger charge is 2.29. The van der Waals surface area contributed by atoms with Crippen LogP contribution in [0.2, 0.25) is 0 Å². The molecule has 124 valence electrons. The molecule has 0 spiro atoms. The predicted octanol–water partition coefficient (Wildman–Crippen LogP) is 4.82. The summed E-state index contributed by atoms with van der Waals surface area (Å²) in [7, 11) is 0. The SMILES string of the molecule is C=CCC(C)(N)C1=C(c2cccc(O)c2)c2ccccc2CCC1. The first-order chi connectivity index (χ1) is 11.5. The summed E-state index contributed by atoms with van der Waals surface area (Å²) >= 11 is 0. The maximum absolute atomic E-state index is 9.98. The lowest BCUT2D eigenvalue weighted by atomic mass is 9.80. The summed E-state index contributed by atoms with van der Waals surface area (Å²) in [6.45, 7) is 5.96. The van der Waals surface area contributed by atoms with E-state index in [4.69, 9.17) is 5.73 Å². The molecule has 2 nitrogen and oxygen atoms in total. The van der Waals surface area contributed by atoms with Gasteiger partial charge in [-0.25, -0.2) is 0 Å². The van der Waals surface area contributed by atoms with E-state index >= 15 is 0 Å². The van der Waals surface area contributed by atoms with Crippen molar-refractivity contribution in [2.24, 2.45) is 5.73 Å². The molecule has 1 aliphatic rings. The second kappa shape index (κ2) is 6.66. The fourth-order valence-corrected chi connectivity index (χ4v) is 3.71. The molecule has 3 N–H and O–H groups in total. The van der Waals surface area contributed by atoms with Crippen LogP contribution in [-0.4, -0.2) is 10.6 Å². The number of aryl methyl sites for hydroxylation is 1. The van der Waals surface area contributed by atoms with Crippen LogP contribution in [0, 0.1) is 0 Å². The van der Waals surface area contributed by atoms with E-state index in [1.807, 2.05) is 18.2 Å². The zero-order chi connectivity index (χ0) is 17.2. The monoisotopic (exact) mass is 319 g/mol. The Balaban J connectivity index is 2.30. The van der Waals surface area contributed by atoms with Crippen molar-refractivity contribution >= 4 is 5.57 Å². The van der Waals surface area contributed by atoms with E-state index in [9.17, 15) is 5.11 Å². The Morgan fingerprint density at radius 2 is 1.96 bits per heavy atom. The van der Waals surface area contributed by atoms with Gasteiger partial charge < -0.3 is 10.8 Å². The van der Waals surface area contributed by atoms with Gasteiger partial charge in [0, 0.05) is 5.54 Å². The van der Waals surface area contributed by atoms with E-state index in [1.54, 1.807) is 6.07 Å². The summed E-state index contributed by atoms with van der Waals surface area (Å²) in [4.78, 5) is 0. The maximum Gasteiger partial charge on any atom is 0.116 e. The van der Waals surface area contributed by atoms with Gasteiger partial charge in [0.15, 0.2) is 0 Å². The molecule has 0 aromatic heterocycles. The second-order valence-electron chi connectivity index (χ2n) is 6.82. The molecule has 1 aliphatic carbocycles. The lowest BCUT2D eigenvalue weighted by molar-refractivity contribution is 0.475. The first-order valence-electron chi connectivity index (χ1n) is 8.54. The van der Waals surface area contributed by atoms with Gasteiger partial charge in [-0.15, -0.1) is 6.58 Å². The maximum atomic E-state index is 9.98. The normalized spacial score (nSPS) is 16.9. The van der Waals surface area contributed by atoms with Crippen molar-refractivity contribution in [1.82, 2.24) is 0 Å². The van der Waals surface area contributed by atoms with Crippen molar-refractivity contribution in [3.05, 3.63) is 83.4 Å². The standard InChI is InChI=1S/C22H25NO/c1-3-14-22(2,23)20-13-7-9-16-8-4-5-12-19(16)21(20)17-10-6-11-18(24)15-17/h3-6,8,10-12,15,24H,1,7,9,13-14,23H2,2H3. The zero-order valence-corrected chi connectivity index (χ0v) is 14.3. The van der Waals surface area contributed by atoms with Crippen molar-refractivity contribution in [2.75, 3.05) is 0 Å². The van der Waals surface area contributed by atoms with E-state index in [-0.39, 0.29) is 5.75 Å². The topological polar surface area (TPSA) is 46.2 Å². The van der Waals surface area contributed by atoms with Crippen molar-refractivity contribution in [1.29, 1.82) is 0 Å². The number of phenols is 1. The van der Waals surface area contributed by atoms with Gasteiger partial charge in [-0.3, -0.25) is 0 Å². The highest BCUT2D eigenvalue weighted by Crippen LogP contribution is 2.40. The van der Waals surface area contributed by atoms with Gasteiger partial charge in [0.1, 0.15) is 5.75 Å². The van der Waals surface area contributed by atoms with E-state index in [1.165, 1.54) is 22.3 Å². The number of rotatable bonds is 4. The number of hydrogen-bond acceptors (Lipinski definition) is 2. The fourth-order valence-electron chi connectivity index (χ4n) is 3.71. The Morgan fingerprint density at radius 1 is 1.17 bits per heavy atom. The van der Waals surface area contributed by atoms with Crippen LogP contribution in [0.5, 0.6) is 5.75 Å². The summed E-state index contributed by atoms with van der Waals surface area (Å²) in [6, 6.07) is 16.0. The van der Waals surface area contributed by atoms with Gasteiger partial charge in [-0.05, 0) is 72.6 Å². The highest BCUT2D eigenvalue weighted by atomic mass is 16.3. The molecule has 1 unspecified atom stereocenters. The van der Waals surface area contributed by atoms with Crippen molar-refractivity contribution < 1.29 is 5.11 Å². The van der Waals surface area contributed by atoms with Crippen LogP contribution >= 0.6 is 0 Å². The van der Waals surface area contributed by atoms with E-state index in [0.717, 1.165) is 31.2 Å². The van der Waals surface area contributed by atoms with Crippen molar-refractivity contribution in [3.63, 3.8) is 0 Å². The van der Waals surface area contributed by atoms with Gasteiger partial charge >= 0.3 is 0 Å².